The molecular weight excluding hydrogens is 208 g/mol. The van der Waals surface area contributed by atoms with E-state index >= 15 is 0 Å². The van der Waals surface area contributed by atoms with Gasteiger partial charge in [-0.15, -0.1) is 11.3 Å². The van der Waals surface area contributed by atoms with Crippen LogP contribution in [0.1, 0.15) is 5.56 Å². The molecule has 0 bridgehead atoms. The molecule has 0 fully saturated rings. The third-order valence-electron chi connectivity index (χ3n) is 2.41. The molecule has 3 rings (SSSR count). The van der Waals surface area contributed by atoms with Crippen LogP contribution in [-0.4, -0.2) is 10.9 Å². The van der Waals surface area contributed by atoms with Crippen molar-refractivity contribution in [2.24, 2.45) is 0 Å². The minimum absolute atomic E-state index is 0.0706. The molecule has 74 valence electrons. The summed E-state index contributed by atoms with van der Waals surface area (Å²) < 4.78 is 0. The fourth-order valence-corrected chi connectivity index (χ4v) is 2.36. The standard InChI is InChI=1S/C11H8N2OS/c14-10-6-8-5-7(1-2-9(8)13-10)11-12-3-4-15-11/h1-5H,6H2,(H,13,14). The summed E-state index contributed by atoms with van der Waals surface area (Å²) in [5, 5.41) is 5.76. The van der Waals surface area contributed by atoms with Gasteiger partial charge in [-0.05, 0) is 23.8 Å². The molecule has 1 aromatic carbocycles. The third kappa shape index (κ3) is 1.43. The van der Waals surface area contributed by atoms with Crippen LogP contribution in [0.3, 0.4) is 0 Å². The van der Waals surface area contributed by atoms with Crippen LogP contribution in [0.4, 0.5) is 5.69 Å². The predicted octanol–water partition coefficient (Wildman–Crippen LogP) is 2.30. The maximum absolute atomic E-state index is 11.2. The van der Waals surface area contributed by atoms with E-state index in [1.165, 1.54) is 0 Å². The zero-order valence-corrected chi connectivity index (χ0v) is 8.67. The van der Waals surface area contributed by atoms with E-state index in [-0.39, 0.29) is 5.91 Å². The van der Waals surface area contributed by atoms with Crippen LogP contribution in [0.25, 0.3) is 10.6 Å². The van der Waals surface area contributed by atoms with Crippen LogP contribution in [0.5, 0.6) is 0 Å². The molecule has 0 saturated heterocycles. The van der Waals surface area contributed by atoms with Crippen LogP contribution in [0, 0.1) is 0 Å². The first-order valence-electron chi connectivity index (χ1n) is 4.65. The Balaban J connectivity index is 2.07. The van der Waals surface area contributed by atoms with Gasteiger partial charge in [0.25, 0.3) is 0 Å². The molecule has 1 aliphatic rings. The molecule has 0 unspecified atom stereocenters. The van der Waals surface area contributed by atoms with Crippen molar-refractivity contribution in [3.63, 3.8) is 0 Å². The number of nitrogens with one attached hydrogen (secondary N) is 1. The second-order valence-corrected chi connectivity index (χ2v) is 4.33. The summed E-state index contributed by atoms with van der Waals surface area (Å²) in [6.45, 7) is 0. The molecule has 0 saturated carbocycles. The lowest BCUT2D eigenvalue weighted by Crippen LogP contribution is -2.03. The normalized spacial score (nSPS) is 13.7. The van der Waals surface area contributed by atoms with Crippen LogP contribution < -0.4 is 5.32 Å². The number of rotatable bonds is 1. The van der Waals surface area contributed by atoms with Crippen LogP contribution in [-0.2, 0) is 11.2 Å². The molecule has 3 nitrogen and oxygen atoms in total. The summed E-state index contributed by atoms with van der Waals surface area (Å²) in [5.74, 6) is 0.0706. The summed E-state index contributed by atoms with van der Waals surface area (Å²) in [7, 11) is 0. The van der Waals surface area contributed by atoms with Gasteiger partial charge in [0.1, 0.15) is 5.01 Å². The van der Waals surface area contributed by atoms with Crippen molar-refractivity contribution in [1.29, 1.82) is 0 Å². The van der Waals surface area contributed by atoms with Crippen molar-refractivity contribution in [3.05, 3.63) is 35.3 Å². The highest BCUT2D eigenvalue weighted by molar-refractivity contribution is 7.13. The van der Waals surface area contributed by atoms with Gasteiger partial charge in [0.05, 0.1) is 6.42 Å². The molecular formula is C11H8N2OS. The van der Waals surface area contributed by atoms with E-state index in [2.05, 4.69) is 10.3 Å². The number of carbonyl (C=O) groups is 1. The fraction of sp³-hybridized carbons (Fsp3) is 0.0909. The predicted molar refractivity (Wildman–Crippen MR) is 59.9 cm³/mol. The summed E-state index contributed by atoms with van der Waals surface area (Å²) in [4.78, 5) is 15.4. The van der Waals surface area contributed by atoms with Crippen molar-refractivity contribution in [2.45, 2.75) is 6.42 Å². The topological polar surface area (TPSA) is 42.0 Å². The second-order valence-electron chi connectivity index (χ2n) is 3.43. The molecule has 0 atom stereocenters. The lowest BCUT2D eigenvalue weighted by molar-refractivity contribution is -0.115. The maximum atomic E-state index is 11.2. The summed E-state index contributed by atoms with van der Waals surface area (Å²) in [6, 6.07) is 5.96. The molecule has 2 aromatic rings. The number of thiazole rings is 1. The summed E-state index contributed by atoms with van der Waals surface area (Å²) >= 11 is 1.61. The first-order valence-corrected chi connectivity index (χ1v) is 5.53. The van der Waals surface area contributed by atoms with Gasteiger partial charge in [0.2, 0.25) is 5.91 Å². The highest BCUT2D eigenvalue weighted by atomic mass is 32.1. The van der Waals surface area contributed by atoms with Crippen molar-refractivity contribution in [2.75, 3.05) is 5.32 Å². The van der Waals surface area contributed by atoms with Crippen LogP contribution in [0.15, 0.2) is 29.8 Å². The van der Waals surface area contributed by atoms with Crippen LogP contribution in [0.2, 0.25) is 0 Å². The molecule has 1 aromatic heterocycles. The molecule has 1 amide bonds. The zero-order chi connectivity index (χ0) is 10.3. The Morgan fingerprint density at radius 2 is 2.33 bits per heavy atom. The van der Waals surface area contributed by atoms with E-state index < -0.39 is 0 Å². The molecule has 15 heavy (non-hydrogen) atoms. The fourth-order valence-electron chi connectivity index (χ4n) is 1.73. The van der Waals surface area contributed by atoms with Crippen molar-refractivity contribution >= 4 is 22.9 Å². The van der Waals surface area contributed by atoms with Gasteiger partial charge in [-0.25, -0.2) is 4.98 Å². The molecule has 0 spiro atoms. The smallest absolute Gasteiger partial charge is 0.228 e. The van der Waals surface area contributed by atoms with Gasteiger partial charge in [0.15, 0.2) is 0 Å². The van der Waals surface area contributed by atoms with Gasteiger partial charge in [-0.1, -0.05) is 0 Å². The highest BCUT2D eigenvalue weighted by Crippen LogP contribution is 2.29. The van der Waals surface area contributed by atoms with Gasteiger partial charge >= 0.3 is 0 Å². The average molecular weight is 216 g/mol. The monoisotopic (exact) mass is 216 g/mol. The number of fused-ring (bicyclic) bond motifs is 1. The lowest BCUT2D eigenvalue weighted by atomic mass is 10.1. The van der Waals surface area contributed by atoms with Gasteiger partial charge in [-0.3, -0.25) is 4.79 Å². The lowest BCUT2D eigenvalue weighted by Gasteiger charge is -2.00. The molecule has 4 heteroatoms. The number of anilines is 1. The molecule has 2 heterocycles. The highest BCUT2D eigenvalue weighted by Gasteiger charge is 2.17. The first-order chi connectivity index (χ1) is 7.33. The van der Waals surface area contributed by atoms with E-state index in [0.29, 0.717) is 6.42 Å². The van der Waals surface area contributed by atoms with E-state index in [1.807, 2.05) is 23.6 Å². The number of hydrogen-bond acceptors (Lipinski definition) is 3. The Bertz CT molecular complexity index is 519. The summed E-state index contributed by atoms with van der Waals surface area (Å²) in [5.41, 5.74) is 3.08. The summed E-state index contributed by atoms with van der Waals surface area (Å²) in [6.07, 6.45) is 2.27. The number of aromatic nitrogens is 1. The zero-order valence-electron chi connectivity index (χ0n) is 7.86. The van der Waals surface area contributed by atoms with E-state index in [4.69, 9.17) is 0 Å². The van der Waals surface area contributed by atoms with Gasteiger partial charge in [0, 0.05) is 22.8 Å². The van der Waals surface area contributed by atoms with Crippen molar-refractivity contribution < 1.29 is 4.79 Å². The number of hydrogen-bond donors (Lipinski definition) is 1. The molecule has 1 N–H and O–H groups in total. The van der Waals surface area contributed by atoms with Gasteiger partial charge < -0.3 is 5.32 Å². The number of carbonyl (C=O) groups excluding carboxylic acids is 1. The Kier molecular flexibility index (Phi) is 1.82. The maximum Gasteiger partial charge on any atom is 0.228 e. The quantitative estimate of drug-likeness (QED) is 0.794. The van der Waals surface area contributed by atoms with E-state index in [9.17, 15) is 4.79 Å². The number of benzene rings is 1. The molecule has 0 radical (unpaired) electrons. The third-order valence-corrected chi connectivity index (χ3v) is 3.23. The Morgan fingerprint density at radius 3 is 3.13 bits per heavy atom. The van der Waals surface area contributed by atoms with E-state index in [1.54, 1.807) is 17.5 Å². The number of nitrogens with zero attached hydrogens (tertiary/aromatic N) is 1. The minimum atomic E-state index is 0.0706. The largest absolute Gasteiger partial charge is 0.326 e. The average Bonchev–Trinajstić information content (AvgIpc) is 2.82. The van der Waals surface area contributed by atoms with Gasteiger partial charge in [-0.2, -0.15) is 0 Å². The second kappa shape index (κ2) is 3.17. The molecule has 0 aliphatic carbocycles. The minimum Gasteiger partial charge on any atom is -0.326 e. The Hall–Kier alpha value is -1.68. The van der Waals surface area contributed by atoms with Crippen molar-refractivity contribution in [1.82, 2.24) is 4.98 Å². The Morgan fingerprint density at radius 1 is 1.40 bits per heavy atom. The van der Waals surface area contributed by atoms with Crippen molar-refractivity contribution in [3.8, 4) is 10.6 Å². The Labute approximate surface area is 90.8 Å². The van der Waals surface area contributed by atoms with Crippen LogP contribution >= 0.6 is 11.3 Å². The number of amides is 1. The molecule has 1 aliphatic heterocycles. The first kappa shape index (κ1) is 8.61. The van der Waals surface area contributed by atoms with E-state index in [0.717, 1.165) is 21.8 Å². The SMILES string of the molecule is O=C1Cc2cc(-c3nccs3)ccc2N1.